The van der Waals surface area contributed by atoms with Crippen molar-refractivity contribution in [1.82, 2.24) is 4.90 Å². The maximum absolute atomic E-state index is 6.14. The first kappa shape index (κ1) is 19.5. The fourth-order valence-electron chi connectivity index (χ4n) is 4.77. The average Bonchev–Trinajstić information content (AvgIpc) is 2.79. The Morgan fingerprint density at radius 2 is 1.68 bits per heavy atom. The van der Waals surface area contributed by atoms with Crippen molar-refractivity contribution >= 4 is 5.69 Å². The van der Waals surface area contributed by atoms with Gasteiger partial charge >= 0.3 is 0 Å². The highest BCUT2D eigenvalue weighted by molar-refractivity contribution is 5.48. The second-order valence-electron chi connectivity index (χ2n) is 8.44. The molecule has 4 rings (SSSR count). The van der Waals surface area contributed by atoms with Crippen LogP contribution >= 0.6 is 0 Å². The molecule has 3 heteroatoms. The molecule has 0 radical (unpaired) electrons. The van der Waals surface area contributed by atoms with Gasteiger partial charge in [0, 0.05) is 37.9 Å². The molecule has 150 valence electrons. The number of nitrogens with zero attached hydrogens (tertiary/aromatic N) is 2. The number of rotatable bonds is 5. The Labute approximate surface area is 170 Å². The van der Waals surface area contributed by atoms with Crippen LogP contribution in [0.1, 0.15) is 62.3 Å². The molecule has 1 heterocycles. The van der Waals surface area contributed by atoms with E-state index in [0.29, 0.717) is 12.1 Å². The molecule has 0 N–H and O–H groups in total. The summed E-state index contributed by atoms with van der Waals surface area (Å²) in [5, 5.41) is 0. The van der Waals surface area contributed by atoms with Gasteiger partial charge in [-0.25, -0.2) is 0 Å². The molecule has 1 aliphatic carbocycles. The molecule has 28 heavy (non-hydrogen) atoms. The number of hydrogen-bond donors (Lipinski definition) is 0. The van der Waals surface area contributed by atoms with Crippen LogP contribution in [0, 0.1) is 0 Å². The van der Waals surface area contributed by atoms with Crippen molar-refractivity contribution in [1.29, 1.82) is 0 Å². The highest BCUT2D eigenvalue weighted by Gasteiger charge is 2.26. The van der Waals surface area contributed by atoms with Crippen LogP contribution in [0.5, 0.6) is 0 Å². The van der Waals surface area contributed by atoms with E-state index in [9.17, 15) is 0 Å². The van der Waals surface area contributed by atoms with Gasteiger partial charge in [0.2, 0.25) is 0 Å². The molecule has 0 spiro atoms. The molecular formula is C25H34N2O. The topological polar surface area (TPSA) is 15.7 Å². The van der Waals surface area contributed by atoms with Gasteiger partial charge < -0.3 is 9.64 Å². The molecule has 0 bridgehead atoms. The third kappa shape index (κ3) is 4.42. The zero-order valence-electron chi connectivity index (χ0n) is 17.4. The molecular weight excluding hydrogens is 344 g/mol. The van der Waals surface area contributed by atoms with Gasteiger partial charge in [-0.3, -0.25) is 4.90 Å². The Hall–Kier alpha value is -1.84. The van der Waals surface area contributed by atoms with E-state index in [1.165, 1.54) is 48.9 Å². The molecule has 1 unspecified atom stereocenters. The summed E-state index contributed by atoms with van der Waals surface area (Å²) >= 11 is 0. The van der Waals surface area contributed by atoms with E-state index in [1.807, 2.05) is 0 Å². The number of hydrogen-bond acceptors (Lipinski definition) is 3. The second-order valence-corrected chi connectivity index (χ2v) is 8.44. The average molecular weight is 379 g/mol. The van der Waals surface area contributed by atoms with E-state index in [-0.39, 0.29) is 6.10 Å². The lowest BCUT2D eigenvalue weighted by atomic mass is 9.94. The third-order valence-corrected chi connectivity index (χ3v) is 6.72. The largest absolute Gasteiger partial charge is 0.372 e. The Balaban J connectivity index is 1.41. The minimum absolute atomic E-state index is 0.161. The lowest BCUT2D eigenvalue weighted by Gasteiger charge is -2.37. The second kappa shape index (κ2) is 9.11. The predicted octanol–water partition coefficient (Wildman–Crippen LogP) is 5.59. The molecule has 2 fully saturated rings. The van der Waals surface area contributed by atoms with Crippen LogP contribution < -0.4 is 4.90 Å². The minimum Gasteiger partial charge on any atom is -0.372 e. The number of anilines is 1. The third-order valence-electron chi connectivity index (χ3n) is 6.72. The van der Waals surface area contributed by atoms with E-state index in [2.05, 4.69) is 78.4 Å². The van der Waals surface area contributed by atoms with Gasteiger partial charge in [-0.2, -0.15) is 0 Å². The minimum atomic E-state index is 0.161. The maximum Gasteiger partial charge on any atom is 0.0952 e. The fourth-order valence-corrected chi connectivity index (χ4v) is 4.77. The normalized spacial score (nSPS) is 22.7. The first-order chi connectivity index (χ1) is 13.7. The molecule has 1 aliphatic heterocycles. The Bertz CT molecular complexity index is 724. The van der Waals surface area contributed by atoms with Gasteiger partial charge in [0.05, 0.1) is 12.7 Å². The van der Waals surface area contributed by atoms with Crippen molar-refractivity contribution in [2.75, 3.05) is 31.6 Å². The number of ether oxygens (including phenoxy) is 1. The van der Waals surface area contributed by atoms with Crippen molar-refractivity contribution in [3.63, 3.8) is 0 Å². The van der Waals surface area contributed by atoms with Crippen molar-refractivity contribution in [2.24, 2.45) is 0 Å². The van der Waals surface area contributed by atoms with Crippen LogP contribution in [0.3, 0.4) is 0 Å². The first-order valence-corrected chi connectivity index (χ1v) is 11.0. The Morgan fingerprint density at radius 1 is 0.964 bits per heavy atom. The van der Waals surface area contributed by atoms with Crippen molar-refractivity contribution < 1.29 is 4.74 Å². The van der Waals surface area contributed by atoms with Gasteiger partial charge in [-0.05, 0) is 43.0 Å². The van der Waals surface area contributed by atoms with Gasteiger partial charge in [0.15, 0.2) is 0 Å². The van der Waals surface area contributed by atoms with Gasteiger partial charge in [-0.15, -0.1) is 0 Å². The van der Waals surface area contributed by atoms with E-state index < -0.39 is 0 Å². The van der Waals surface area contributed by atoms with Crippen molar-refractivity contribution in [3.05, 3.63) is 65.7 Å². The smallest absolute Gasteiger partial charge is 0.0952 e. The van der Waals surface area contributed by atoms with Crippen LogP contribution in [-0.4, -0.2) is 37.7 Å². The van der Waals surface area contributed by atoms with Crippen LogP contribution in [0.15, 0.2) is 54.6 Å². The summed E-state index contributed by atoms with van der Waals surface area (Å²) in [4.78, 5) is 5.03. The van der Waals surface area contributed by atoms with Crippen LogP contribution in [0.25, 0.3) is 0 Å². The van der Waals surface area contributed by atoms with Gasteiger partial charge in [-0.1, -0.05) is 61.7 Å². The maximum atomic E-state index is 6.14. The van der Waals surface area contributed by atoms with Gasteiger partial charge in [0.25, 0.3) is 0 Å². The van der Waals surface area contributed by atoms with Gasteiger partial charge in [0.1, 0.15) is 0 Å². The first-order valence-electron chi connectivity index (χ1n) is 11.0. The lowest BCUT2D eigenvalue weighted by molar-refractivity contribution is -0.0431. The molecule has 0 aromatic heterocycles. The zero-order chi connectivity index (χ0) is 19.3. The van der Waals surface area contributed by atoms with Crippen molar-refractivity contribution in [2.45, 2.75) is 57.2 Å². The van der Waals surface area contributed by atoms with E-state index >= 15 is 0 Å². The van der Waals surface area contributed by atoms with Crippen molar-refractivity contribution in [3.8, 4) is 0 Å². The molecule has 2 aliphatic rings. The number of benzene rings is 2. The number of morpholine rings is 1. The summed E-state index contributed by atoms with van der Waals surface area (Å²) in [6.07, 6.45) is 6.97. The summed E-state index contributed by atoms with van der Waals surface area (Å²) < 4.78 is 6.14. The summed E-state index contributed by atoms with van der Waals surface area (Å²) in [6, 6.07) is 21.0. The SMILES string of the molecule is C[C@H](c1ccccc1)N1CCOC(c2ccc(N(C)C3CCCCC3)cc2)C1. The Morgan fingerprint density at radius 3 is 2.39 bits per heavy atom. The summed E-state index contributed by atoms with van der Waals surface area (Å²) in [5.41, 5.74) is 4.01. The van der Waals surface area contributed by atoms with Crippen LogP contribution in [-0.2, 0) is 4.74 Å². The van der Waals surface area contributed by atoms with E-state index in [0.717, 1.165) is 19.7 Å². The molecule has 2 aromatic carbocycles. The molecule has 2 atom stereocenters. The Kier molecular flexibility index (Phi) is 6.33. The lowest BCUT2D eigenvalue weighted by Crippen LogP contribution is -2.39. The summed E-state index contributed by atoms with van der Waals surface area (Å²) in [5.74, 6) is 0. The summed E-state index contributed by atoms with van der Waals surface area (Å²) in [6.45, 7) is 5.05. The molecule has 3 nitrogen and oxygen atoms in total. The summed E-state index contributed by atoms with van der Waals surface area (Å²) in [7, 11) is 2.26. The monoisotopic (exact) mass is 378 g/mol. The highest BCUT2D eigenvalue weighted by Crippen LogP contribution is 2.31. The van der Waals surface area contributed by atoms with E-state index in [1.54, 1.807) is 0 Å². The zero-order valence-corrected chi connectivity index (χ0v) is 17.4. The standard InChI is InChI=1S/C25H34N2O/c1-20(21-9-5-3-6-10-21)27-17-18-28-25(19-27)22-13-15-24(16-14-22)26(2)23-11-7-4-8-12-23/h3,5-6,9-10,13-16,20,23,25H,4,7-8,11-12,17-19H2,1-2H3/t20-,25?/m1/s1. The molecule has 1 saturated heterocycles. The van der Waals surface area contributed by atoms with Crippen LogP contribution in [0.4, 0.5) is 5.69 Å². The highest BCUT2D eigenvalue weighted by atomic mass is 16.5. The molecule has 0 amide bonds. The van der Waals surface area contributed by atoms with Crippen LogP contribution in [0.2, 0.25) is 0 Å². The van der Waals surface area contributed by atoms with E-state index in [4.69, 9.17) is 4.74 Å². The molecule has 2 aromatic rings. The quantitative estimate of drug-likeness (QED) is 0.674. The molecule has 1 saturated carbocycles. The predicted molar refractivity (Wildman–Crippen MR) is 117 cm³/mol. The fraction of sp³-hybridized carbons (Fsp3) is 0.520.